The second-order valence-corrected chi connectivity index (χ2v) is 8.39. The maximum Gasteiger partial charge on any atom is 0.132 e. The highest BCUT2D eigenvalue weighted by atomic mass is 15.3. The van der Waals surface area contributed by atoms with Crippen LogP contribution in [0.2, 0.25) is 0 Å². The maximum absolute atomic E-state index is 3.21. The van der Waals surface area contributed by atoms with Gasteiger partial charge in [-0.1, -0.05) is 36.4 Å². The summed E-state index contributed by atoms with van der Waals surface area (Å²) in [5.41, 5.74) is 7.57. The molecule has 0 heterocycles. The lowest BCUT2D eigenvalue weighted by molar-refractivity contribution is 0.486. The Hall–Kier alpha value is -2.78. The number of quaternary nitrogens is 1. The third kappa shape index (κ3) is 4.37. The number of hydrogen-bond acceptors (Lipinski definition) is 2. The van der Waals surface area contributed by atoms with Crippen LogP contribution in [0.3, 0.4) is 0 Å². The van der Waals surface area contributed by atoms with Gasteiger partial charge in [-0.2, -0.15) is 0 Å². The first-order valence-electron chi connectivity index (χ1n) is 9.76. The Bertz CT molecular complexity index is 887. The standard InChI is InChI=1S/C25H32N3/c1-26-22-13-7-19(8-14-22)25(20-9-15-23(16-10-20)27(2)3)21-11-17-24(18-12-21)28(4,5)6/h7-18,25-26H,1-6H3/q+1. The lowest BCUT2D eigenvalue weighted by atomic mass is 9.85. The van der Waals surface area contributed by atoms with Gasteiger partial charge in [-0.3, -0.25) is 4.48 Å². The second kappa shape index (κ2) is 8.07. The van der Waals surface area contributed by atoms with E-state index in [1.54, 1.807) is 0 Å². The molecule has 0 aromatic heterocycles. The monoisotopic (exact) mass is 374 g/mol. The molecule has 0 bridgehead atoms. The number of rotatable bonds is 6. The topological polar surface area (TPSA) is 15.3 Å². The summed E-state index contributed by atoms with van der Waals surface area (Å²) in [6.45, 7) is 0. The molecule has 1 unspecified atom stereocenters. The van der Waals surface area contributed by atoms with Gasteiger partial charge in [0.1, 0.15) is 5.69 Å². The quantitative estimate of drug-likeness (QED) is 0.473. The Balaban J connectivity index is 2.05. The maximum atomic E-state index is 3.21. The van der Waals surface area contributed by atoms with Crippen molar-refractivity contribution in [1.82, 2.24) is 4.48 Å². The Morgan fingerprint density at radius 3 is 1.50 bits per heavy atom. The van der Waals surface area contributed by atoms with E-state index in [4.69, 9.17) is 0 Å². The third-order valence-corrected chi connectivity index (χ3v) is 5.28. The summed E-state index contributed by atoms with van der Waals surface area (Å²) in [7, 11) is 12.7. The van der Waals surface area contributed by atoms with Crippen LogP contribution in [0.25, 0.3) is 0 Å². The highest BCUT2D eigenvalue weighted by Gasteiger charge is 2.19. The molecule has 3 aromatic rings. The molecule has 0 saturated carbocycles. The zero-order chi connectivity index (χ0) is 20.3. The Morgan fingerprint density at radius 1 is 0.679 bits per heavy atom. The van der Waals surface area contributed by atoms with Crippen molar-refractivity contribution >= 4 is 17.1 Å². The van der Waals surface area contributed by atoms with Gasteiger partial charge in [-0.15, -0.1) is 0 Å². The number of nitrogens with zero attached hydrogens (tertiary/aromatic N) is 2. The molecule has 3 aromatic carbocycles. The number of benzene rings is 3. The first-order chi connectivity index (χ1) is 13.3. The zero-order valence-electron chi connectivity index (χ0n) is 17.9. The Kier molecular flexibility index (Phi) is 5.76. The van der Waals surface area contributed by atoms with Crippen LogP contribution in [-0.2, 0) is 0 Å². The average molecular weight is 375 g/mol. The molecule has 146 valence electrons. The van der Waals surface area contributed by atoms with E-state index in [0.29, 0.717) is 0 Å². The van der Waals surface area contributed by atoms with E-state index >= 15 is 0 Å². The van der Waals surface area contributed by atoms with Crippen LogP contribution in [-0.4, -0.2) is 42.3 Å². The molecule has 3 rings (SSSR count). The molecular weight excluding hydrogens is 342 g/mol. The van der Waals surface area contributed by atoms with Gasteiger partial charge in [-0.05, 0) is 53.1 Å². The molecule has 0 aliphatic carbocycles. The molecule has 0 spiro atoms. The van der Waals surface area contributed by atoms with E-state index in [9.17, 15) is 0 Å². The molecule has 1 atom stereocenters. The predicted molar refractivity (Wildman–Crippen MR) is 124 cm³/mol. The molecule has 0 aliphatic heterocycles. The molecule has 3 heteroatoms. The van der Waals surface area contributed by atoms with Crippen LogP contribution in [0, 0.1) is 0 Å². The summed E-state index contributed by atoms with van der Waals surface area (Å²) in [6.07, 6.45) is 0. The van der Waals surface area contributed by atoms with Crippen molar-refractivity contribution in [3.8, 4) is 0 Å². The van der Waals surface area contributed by atoms with Crippen molar-refractivity contribution in [3.63, 3.8) is 0 Å². The summed E-state index contributed by atoms with van der Waals surface area (Å²) in [4.78, 5) is 2.14. The van der Waals surface area contributed by atoms with E-state index < -0.39 is 0 Å². The number of anilines is 2. The lowest BCUT2D eigenvalue weighted by Crippen LogP contribution is -2.34. The van der Waals surface area contributed by atoms with Gasteiger partial charge >= 0.3 is 0 Å². The Morgan fingerprint density at radius 2 is 1.11 bits per heavy atom. The van der Waals surface area contributed by atoms with E-state index in [1.807, 2.05) is 7.05 Å². The minimum Gasteiger partial charge on any atom is -0.388 e. The van der Waals surface area contributed by atoms with Crippen LogP contribution in [0.15, 0.2) is 72.8 Å². The first kappa shape index (κ1) is 20.0. The van der Waals surface area contributed by atoms with Crippen LogP contribution in [0.4, 0.5) is 17.1 Å². The highest BCUT2D eigenvalue weighted by Crippen LogP contribution is 2.34. The van der Waals surface area contributed by atoms with E-state index in [1.165, 1.54) is 28.1 Å². The fourth-order valence-corrected chi connectivity index (χ4v) is 3.50. The molecule has 0 saturated heterocycles. The molecule has 0 aliphatic rings. The summed E-state index contributed by atoms with van der Waals surface area (Å²) in [6, 6.07) is 26.7. The van der Waals surface area contributed by atoms with Gasteiger partial charge in [0.2, 0.25) is 0 Å². The third-order valence-electron chi connectivity index (χ3n) is 5.28. The second-order valence-electron chi connectivity index (χ2n) is 8.39. The summed E-state index contributed by atoms with van der Waals surface area (Å²) < 4.78 is 0.819. The van der Waals surface area contributed by atoms with Crippen molar-refractivity contribution in [2.75, 3.05) is 52.5 Å². The molecule has 1 N–H and O–H groups in total. The van der Waals surface area contributed by atoms with Crippen LogP contribution in [0.5, 0.6) is 0 Å². The molecule has 0 amide bonds. The van der Waals surface area contributed by atoms with Crippen molar-refractivity contribution in [3.05, 3.63) is 89.5 Å². The number of nitrogens with one attached hydrogen (secondary N) is 1. The van der Waals surface area contributed by atoms with Crippen molar-refractivity contribution < 1.29 is 0 Å². The zero-order valence-corrected chi connectivity index (χ0v) is 17.9. The normalized spacial score (nSPS) is 12.5. The minimum absolute atomic E-state index is 0.212. The van der Waals surface area contributed by atoms with Crippen molar-refractivity contribution in [2.45, 2.75) is 5.92 Å². The number of hydrogen-bond donors (Lipinski definition) is 1. The summed E-state index contributed by atoms with van der Waals surface area (Å²) >= 11 is 0. The SMILES string of the molecule is CNc1ccc(C(c2ccc(N(C)C)cc2)c2ccc([N+](C)(C)C)cc2)cc1. The smallest absolute Gasteiger partial charge is 0.132 e. The van der Waals surface area contributed by atoms with Crippen LogP contribution < -0.4 is 14.7 Å². The van der Waals surface area contributed by atoms with Crippen LogP contribution in [0.1, 0.15) is 22.6 Å². The van der Waals surface area contributed by atoms with Gasteiger partial charge in [0.15, 0.2) is 0 Å². The molecule has 0 radical (unpaired) electrons. The molecule has 0 fully saturated rings. The van der Waals surface area contributed by atoms with Gasteiger partial charge in [-0.25, -0.2) is 0 Å². The first-order valence-corrected chi connectivity index (χ1v) is 9.76. The van der Waals surface area contributed by atoms with E-state index in [0.717, 1.165) is 10.2 Å². The largest absolute Gasteiger partial charge is 0.388 e. The molecule has 3 nitrogen and oxygen atoms in total. The molecular formula is C25H32N3+. The van der Waals surface area contributed by atoms with Crippen molar-refractivity contribution in [2.24, 2.45) is 0 Å². The van der Waals surface area contributed by atoms with E-state index in [2.05, 4.69) is 118 Å². The summed E-state index contributed by atoms with van der Waals surface area (Å²) in [5, 5.41) is 3.21. The van der Waals surface area contributed by atoms with Crippen LogP contribution >= 0.6 is 0 Å². The van der Waals surface area contributed by atoms with Gasteiger partial charge in [0.05, 0.1) is 21.1 Å². The summed E-state index contributed by atoms with van der Waals surface area (Å²) in [5.74, 6) is 0.212. The fourth-order valence-electron chi connectivity index (χ4n) is 3.50. The molecule has 28 heavy (non-hydrogen) atoms. The highest BCUT2D eigenvalue weighted by molar-refractivity contribution is 5.54. The van der Waals surface area contributed by atoms with Gasteiger partial charge in [0, 0.05) is 38.4 Å². The van der Waals surface area contributed by atoms with Gasteiger partial charge in [0.25, 0.3) is 0 Å². The average Bonchev–Trinajstić information content (AvgIpc) is 2.69. The fraction of sp³-hybridized carbons (Fsp3) is 0.280. The van der Waals surface area contributed by atoms with E-state index in [-0.39, 0.29) is 5.92 Å². The van der Waals surface area contributed by atoms with Crippen molar-refractivity contribution in [1.29, 1.82) is 0 Å². The predicted octanol–water partition coefficient (Wildman–Crippen LogP) is 5.17. The van der Waals surface area contributed by atoms with Gasteiger partial charge < -0.3 is 10.2 Å². The lowest BCUT2D eigenvalue weighted by Gasteiger charge is -2.25. The Labute approximate surface area is 169 Å². The minimum atomic E-state index is 0.212.